The van der Waals surface area contributed by atoms with E-state index >= 15 is 0 Å². The summed E-state index contributed by atoms with van der Waals surface area (Å²) < 4.78 is 0. The van der Waals surface area contributed by atoms with Crippen molar-refractivity contribution in [2.75, 3.05) is 26.0 Å². The Hall–Kier alpha value is -2.13. The fourth-order valence-electron chi connectivity index (χ4n) is 2.52. The van der Waals surface area contributed by atoms with Gasteiger partial charge in [-0.05, 0) is 39.4 Å². The van der Waals surface area contributed by atoms with Crippen molar-refractivity contribution >= 4 is 11.4 Å². The van der Waals surface area contributed by atoms with Crippen molar-refractivity contribution in [3.05, 3.63) is 33.9 Å². The van der Waals surface area contributed by atoms with E-state index in [0.717, 1.165) is 19.4 Å². The molecule has 1 aromatic rings. The number of hydrogen-bond donors (Lipinski definition) is 1. The van der Waals surface area contributed by atoms with Crippen molar-refractivity contribution in [1.82, 2.24) is 4.90 Å². The second-order valence-electron chi connectivity index (χ2n) is 5.42. The van der Waals surface area contributed by atoms with Gasteiger partial charge in [0.1, 0.15) is 6.07 Å². The van der Waals surface area contributed by atoms with Crippen molar-refractivity contribution in [2.45, 2.75) is 24.8 Å². The van der Waals surface area contributed by atoms with Crippen molar-refractivity contribution in [1.29, 1.82) is 5.26 Å². The zero-order valence-corrected chi connectivity index (χ0v) is 11.7. The predicted octanol–water partition coefficient (Wildman–Crippen LogP) is 2.36. The maximum Gasteiger partial charge on any atom is 0.270 e. The molecule has 2 rings (SSSR count). The minimum Gasteiger partial charge on any atom is -0.382 e. The van der Waals surface area contributed by atoms with Crippen LogP contribution in [0.15, 0.2) is 18.2 Å². The monoisotopic (exact) mass is 274 g/mol. The van der Waals surface area contributed by atoms with E-state index in [1.165, 1.54) is 18.6 Å². The lowest BCUT2D eigenvalue weighted by Crippen LogP contribution is -2.54. The van der Waals surface area contributed by atoms with Crippen LogP contribution in [0.3, 0.4) is 0 Å². The Morgan fingerprint density at radius 2 is 2.20 bits per heavy atom. The van der Waals surface area contributed by atoms with E-state index in [0.29, 0.717) is 11.3 Å². The van der Waals surface area contributed by atoms with Gasteiger partial charge in [0.15, 0.2) is 0 Å². The molecule has 0 aromatic heterocycles. The molecule has 0 unspecified atom stereocenters. The van der Waals surface area contributed by atoms with Gasteiger partial charge in [-0.2, -0.15) is 5.26 Å². The van der Waals surface area contributed by atoms with Crippen molar-refractivity contribution in [3.8, 4) is 6.07 Å². The Labute approximate surface area is 118 Å². The molecule has 1 saturated carbocycles. The van der Waals surface area contributed by atoms with Gasteiger partial charge in [-0.25, -0.2) is 0 Å². The van der Waals surface area contributed by atoms with Gasteiger partial charge < -0.3 is 10.2 Å². The molecule has 0 amide bonds. The molecule has 0 radical (unpaired) electrons. The first-order valence-corrected chi connectivity index (χ1v) is 6.58. The quantitative estimate of drug-likeness (QED) is 0.658. The van der Waals surface area contributed by atoms with Gasteiger partial charge in [0.25, 0.3) is 5.69 Å². The minimum atomic E-state index is -0.488. The van der Waals surface area contributed by atoms with Crippen LogP contribution in [-0.4, -0.2) is 36.0 Å². The largest absolute Gasteiger partial charge is 0.382 e. The molecule has 20 heavy (non-hydrogen) atoms. The third kappa shape index (κ3) is 2.58. The molecule has 6 heteroatoms. The standard InChI is InChI=1S/C14H18N4O2/c1-17(2)14(6-3-7-14)10-16-13-5-4-12(18(19)20)8-11(13)9-15/h4-5,8,16H,3,6-7,10H2,1-2H3. The van der Waals surface area contributed by atoms with Gasteiger partial charge in [0.2, 0.25) is 0 Å². The summed E-state index contributed by atoms with van der Waals surface area (Å²) in [6, 6.07) is 6.36. The summed E-state index contributed by atoms with van der Waals surface area (Å²) in [7, 11) is 4.11. The first-order chi connectivity index (χ1) is 9.48. The number of hydrogen-bond acceptors (Lipinski definition) is 5. The Balaban J connectivity index is 2.14. The lowest BCUT2D eigenvalue weighted by atomic mass is 9.75. The Bertz CT molecular complexity index is 559. The van der Waals surface area contributed by atoms with Crippen LogP contribution in [0, 0.1) is 21.4 Å². The van der Waals surface area contributed by atoms with E-state index in [1.54, 1.807) is 6.07 Å². The van der Waals surface area contributed by atoms with Gasteiger partial charge in [-0.1, -0.05) is 0 Å². The van der Waals surface area contributed by atoms with E-state index in [4.69, 9.17) is 5.26 Å². The summed E-state index contributed by atoms with van der Waals surface area (Å²) in [5, 5.41) is 23.1. The molecule has 0 spiro atoms. The number of anilines is 1. The molecule has 1 aliphatic rings. The SMILES string of the molecule is CN(C)C1(CNc2ccc([N+](=O)[O-])cc2C#N)CCC1. The fourth-order valence-corrected chi connectivity index (χ4v) is 2.52. The smallest absolute Gasteiger partial charge is 0.270 e. The number of nitrogens with one attached hydrogen (secondary N) is 1. The topological polar surface area (TPSA) is 82.2 Å². The van der Waals surface area contributed by atoms with Gasteiger partial charge in [-0.3, -0.25) is 10.1 Å². The molecule has 106 valence electrons. The van der Waals surface area contributed by atoms with Crippen molar-refractivity contribution in [2.24, 2.45) is 0 Å². The van der Waals surface area contributed by atoms with Gasteiger partial charge in [-0.15, -0.1) is 0 Å². The Kier molecular flexibility index (Phi) is 3.91. The Morgan fingerprint density at radius 3 is 2.65 bits per heavy atom. The molecule has 0 aliphatic heterocycles. The number of nitriles is 1. The lowest BCUT2D eigenvalue weighted by molar-refractivity contribution is -0.384. The van der Waals surface area contributed by atoms with E-state index in [-0.39, 0.29) is 11.2 Å². The highest BCUT2D eigenvalue weighted by Crippen LogP contribution is 2.36. The van der Waals surface area contributed by atoms with E-state index < -0.39 is 4.92 Å². The number of nitro groups is 1. The molecule has 1 N–H and O–H groups in total. The molecule has 6 nitrogen and oxygen atoms in total. The molecule has 1 aliphatic carbocycles. The summed E-state index contributed by atoms with van der Waals surface area (Å²) in [6.07, 6.45) is 3.47. The zero-order valence-electron chi connectivity index (χ0n) is 11.7. The summed E-state index contributed by atoms with van der Waals surface area (Å²) >= 11 is 0. The first kappa shape index (κ1) is 14.3. The molecule has 1 aromatic carbocycles. The molecule has 0 atom stereocenters. The highest BCUT2D eigenvalue weighted by molar-refractivity contribution is 5.61. The summed E-state index contributed by atoms with van der Waals surface area (Å²) in [5.74, 6) is 0. The number of non-ortho nitro benzene ring substituents is 1. The summed E-state index contributed by atoms with van der Waals surface area (Å²) in [5.41, 5.74) is 1.05. The number of rotatable bonds is 5. The third-order valence-electron chi connectivity index (χ3n) is 4.18. The molecule has 0 heterocycles. The van der Waals surface area contributed by atoms with E-state index in [1.807, 2.05) is 6.07 Å². The first-order valence-electron chi connectivity index (χ1n) is 6.58. The number of likely N-dealkylation sites (N-methyl/N-ethyl adjacent to an activating group) is 1. The van der Waals surface area contributed by atoms with Crippen LogP contribution < -0.4 is 5.32 Å². The van der Waals surface area contributed by atoms with Crippen LogP contribution in [0.25, 0.3) is 0 Å². The minimum absolute atomic E-state index is 0.0573. The molecular weight excluding hydrogens is 256 g/mol. The highest BCUT2D eigenvalue weighted by Gasteiger charge is 2.38. The van der Waals surface area contributed by atoms with Crippen LogP contribution in [0.5, 0.6) is 0 Å². The van der Waals surface area contributed by atoms with Gasteiger partial charge >= 0.3 is 0 Å². The van der Waals surface area contributed by atoms with Crippen LogP contribution >= 0.6 is 0 Å². The van der Waals surface area contributed by atoms with E-state index in [9.17, 15) is 10.1 Å². The maximum atomic E-state index is 10.7. The normalized spacial score (nSPS) is 16.3. The second-order valence-corrected chi connectivity index (χ2v) is 5.42. The maximum absolute atomic E-state index is 10.7. The van der Waals surface area contributed by atoms with Crippen molar-refractivity contribution in [3.63, 3.8) is 0 Å². The third-order valence-corrected chi connectivity index (χ3v) is 4.18. The highest BCUT2D eigenvalue weighted by atomic mass is 16.6. The fraction of sp³-hybridized carbons (Fsp3) is 0.500. The zero-order chi connectivity index (χ0) is 14.8. The molecule has 0 bridgehead atoms. The van der Waals surface area contributed by atoms with Crippen LogP contribution in [0.2, 0.25) is 0 Å². The second kappa shape index (κ2) is 5.47. The lowest BCUT2D eigenvalue weighted by Gasteiger charge is -2.47. The summed E-state index contributed by atoms with van der Waals surface area (Å²) in [4.78, 5) is 12.4. The van der Waals surface area contributed by atoms with Gasteiger partial charge in [0.05, 0.1) is 16.2 Å². The average Bonchev–Trinajstić information content (AvgIpc) is 2.36. The van der Waals surface area contributed by atoms with Gasteiger partial charge in [0, 0.05) is 24.2 Å². The number of nitrogens with zero attached hydrogens (tertiary/aromatic N) is 3. The molecule has 0 saturated heterocycles. The number of nitro benzene ring substituents is 1. The van der Waals surface area contributed by atoms with Crippen molar-refractivity contribution < 1.29 is 4.92 Å². The van der Waals surface area contributed by atoms with E-state index in [2.05, 4.69) is 24.3 Å². The van der Waals surface area contributed by atoms with Crippen LogP contribution in [0.4, 0.5) is 11.4 Å². The Morgan fingerprint density at radius 1 is 1.50 bits per heavy atom. The van der Waals surface area contributed by atoms with Crippen LogP contribution in [0.1, 0.15) is 24.8 Å². The molecular formula is C14H18N4O2. The summed E-state index contributed by atoms with van der Waals surface area (Å²) in [6.45, 7) is 0.743. The van der Waals surface area contributed by atoms with Crippen LogP contribution in [-0.2, 0) is 0 Å². The average molecular weight is 274 g/mol. The molecule has 1 fully saturated rings. The predicted molar refractivity (Wildman–Crippen MR) is 76.6 cm³/mol. The number of benzene rings is 1.